The molecule has 1 aliphatic heterocycles. The fraction of sp³-hybridized carbons (Fsp3) is 0.500. The van der Waals surface area contributed by atoms with Crippen molar-refractivity contribution in [2.75, 3.05) is 11.5 Å². The van der Waals surface area contributed by atoms with E-state index in [-0.39, 0.29) is 11.6 Å². The van der Waals surface area contributed by atoms with E-state index < -0.39 is 0 Å². The van der Waals surface area contributed by atoms with Crippen LogP contribution in [0.25, 0.3) is 0 Å². The average Bonchev–Trinajstić information content (AvgIpc) is 2.33. The summed E-state index contributed by atoms with van der Waals surface area (Å²) in [5.74, 6) is 0.954. The maximum absolute atomic E-state index is 5.65. The molecule has 6 heteroatoms. The molecule has 1 aromatic heterocycles. The Morgan fingerprint density at radius 3 is 2.33 bits per heavy atom. The van der Waals surface area contributed by atoms with Gasteiger partial charge in [-0.3, -0.25) is 0 Å². The van der Waals surface area contributed by atoms with Gasteiger partial charge in [-0.2, -0.15) is 10.2 Å². The largest absolute Gasteiger partial charge is 0.379 e. The molecule has 3 rings (SSSR count). The molecule has 0 radical (unpaired) electrons. The van der Waals surface area contributed by atoms with Crippen LogP contribution in [-0.4, -0.2) is 20.4 Å². The van der Waals surface area contributed by atoms with E-state index in [1.54, 1.807) is 0 Å². The molecule has 1 unspecified atom stereocenters. The van der Waals surface area contributed by atoms with E-state index in [9.17, 15) is 0 Å². The van der Waals surface area contributed by atoms with Crippen molar-refractivity contribution in [3.63, 3.8) is 0 Å². The number of fused-ring (bicyclic) bond motifs is 7. The van der Waals surface area contributed by atoms with Crippen LogP contribution in [-0.2, 0) is 6.42 Å². The third-order valence-corrected chi connectivity index (χ3v) is 3.23. The van der Waals surface area contributed by atoms with E-state index in [2.05, 4.69) is 34.2 Å². The van der Waals surface area contributed by atoms with Crippen molar-refractivity contribution in [1.29, 1.82) is 0 Å². The third-order valence-electron chi connectivity index (χ3n) is 3.23. The number of rotatable bonds is 1. The van der Waals surface area contributed by atoms with Crippen LogP contribution in [0.15, 0.2) is 6.07 Å². The predicted molar refractivity (Wildman–Crippen MR) is 70.1 cm³/mol. The molecule has 6 nitrogen and oxygen atoms in total. The van der Waals surface area contributed by atoms with Gasteiger partial charge in [0.25, 0.3) is 0 Å². The Morgan fingerprint density at radius 1 is 1.11 bits per heavy atom. The monoisotopic (exact) mass is 246 g/mol. The summed E-state index contributed by atoms with van der Waals surface area (Å²) in [6.07, 6.45) is 0.811. The summed E-state index contributed by atoms with van der Waals surface area (Å²) in [6, 6.07) is 2.00. The zero-order chi connectivity index (χ0) is 13.3. The molecule has 96 valence electrons. The van der Waals surface area contributed by atoms with Crippen molar-refractivity contribution in [2.45, 2.75) is 33.1 Å². The van der Waals surface area contributed by atoms with Crippen LogP contribution in [0.4, 0.5) is 11.6 Å². The molecular formula is C12H18N6. The summed E-state index contributed by atoms with van der Waals surface area (Å²) in [6.45, 7) is 6.30. The quantitative estimate of drug-likeness (QED) is 0.770. The highest BCUT2D eigenvalue weighted by Crippen LogP contribution is 2.30. The number of anilines is 2. The van der Waals surface area contributed by atoms with E-state index >= 15 is 0 Å². The Labute approximate surface area is 106 Å². The van der Waals surface area contributed by atoms with Crippen molar-refractivity contribution in [1.82, 2.24) is 20.4 Å². The minimum absolute atomic E-state index is 0.105. The maximum atomic E-state index is 5.65. The average molecular weight is 246 g/mol. The van der Waals surface area contributed by atoms with Crippen molar-refractivity contribution >= 4 is 11.6 Å². The fourth-order valence-electron chi connectivity index (χ4n) is 2.01. The van der Waals surface area contributed by atoms with Gasteiger partial charge >= 0.3 is 0 Å². The summed E-state index contributed by atoms with van der Waals surface area (Å²) >= 11 is 0. The lowest BCUT2D eigenvalue weighted by molar-refractivity contribution is 0.468. The molecule has 0 saturated carbocycles. The summed E-state index contributed by atoms with van der Waals surface area (Å²) in [5.41, 5.74) is 14.2. The van der Waals surface area contributed by atoms with Gasteiger partial charge in [-0.25, -0.2) is 0 Å². The number of nitrogens with zero attached hydrogens (tertiary/aromatic N) is 4. The first-order valence-corrected chi connectivity index (χ1v) is 5.99. The molecule has 2 aliphatic rings. The van der Waals surface area contributed by atoms with Crippen LogP contribution in [0, 0.1) is 12.8 Å². The first kappa shape index (κ1) is 12.5. The molecule has 1 atom stereocenters. The maximum Gasteiger partial charge on any atom is 0.190 e. The normalized spacial score (nSPS) is 16.8. The van der Waals surface area contributed by atoms with Crippen LogP contribution < -0.4 is 11.5 Å². The smallest absolute Gasteiger partial charge is 0.190 e. The Morgan fingerprint density at radius 2 is 1.72 bits per heavy atom. The molecule has 0 fully saturated rings. The summed E-state index contributed by atoms with van der Waals surface area (Å²) in [7, 11) is 0. The van der Waals surface area contributed by atoms with Crippen molar-refractivity contribution < 1.29 is 0 Å². The van der Waals surface area contributed by atoms with Crippen LogP contribution in [0.2, 0.25) is 0 Å². The molecule has 1 aromatic rings. The number of nitrogens with two attached hydrogens (primary N) is 2. The molecule has 18 heavy (non-hydrogen) atoms. The van der Waals surface area contributed by atoms with Crippen LogP contribution in [0.1, 0.15) is 36.7 Å². The molecule has 4 N–H and O–H groups in total. The predicted octanol–water partition coefficient (Wildman–Crippen LogP) is 1.16. The molecule has 0 amide bonds. The second-order valence-corrected chi connectivity index (χ2v) is 4.92. The van der Waals surface area contributed by atoms with Crippen LogP contribution in [0.3, 0.4) is 0 Å². The van der Waals surface area contributed by atoms with Gasteiger partial charge in [0, 0.05) is 12.3 Å². The summed E-state index contributed by atoms with van der Waals surface area (Å²) < 4.78 is 0. The molecule has 2 heterocycles. The minimum atomic E-state index is 0.105. The number of hydrogen-bond donors (Lipinski definition) is 2. The standard InChI is InChI=1S/C12H18N6/c1-6(2)8-5-9-7(3)4-10(8)16-18-12(14)11(13)17-15-9/h4,6,8H,5H2,1-3H3,(H2,13,17)(H2,14,18). The number of nitrogen functional groups attached to an aromatic ring is 2. The summed E-state index contributed by atoms with van der Waals surface area (Å²) in [4.78, 5) is 0. The lowest BCUT2D eigenvalue weighted by atomic mass is 9.84. The van der Waals surface area contributed by atoms with E-state index in [0.29, 0.717) is 11.8 Å². The van der Waals surface area contributed by atoms with Crippen molar-refractivity contribution in [3.8, 4) is 0 Å². The van der Waals surface area contributed by atoms with E-state index in [0.717, 1.165) is 23.4 Å². The molecular weight excluding hydrogens is 228 g/mol. The van der Waals surface area contributed by atoms with Gasteiger partial charge in [-0.1, -0.05) is 13.8 Å². The molecule has 2 bridgehead atoms. The second kappa shape index (κ2) is 4.72. The Kier molecular flexibility index (Phi) is 3.27. The van der Waals surface area contributed by atoms with Gasteiger partial charge in [0.15, 0.2) is 11.6 Å². The lowest BCUT2D eigenvalue weighted by Crippen LogP contribution is -2.17. The highest BCUT2D eigenvalue weighted by atomic mass is 15.2. The Balaban J connectivity index is 2.71. The molecule has 0 spiro atoms. The zero-order valence-electron chi connectivity index (χ0n) is 10.9. The highest BCUT2D eigenvalue weighted by molar-refractivity contribution is 5.49. The van der Waals surface area contributed by atoms with E-state index in [1.807, 2.05) is 13.0 Å². The van der Waals surface area contributed by atoms with Gasteiger partial charge < -0.3 is 11.5 Å². The Bertz CT molecular complexity index is 524. The van der Waals surface area contributed by atoms with E-state index in [1.165, 1.54) is 0 Å². The van der Waals surface area contributed by atoms with Gasteiger partial charge in [-0.05, 0) is 24.5 Å². The number of hydrogen-bond acceptors (Lipinski definition) is 6. The van der Waals surface area contributed by atoms with Gasteiger partial charge in [0.05, 0.1) is 11.4 Å². The fourth-order valence-corrected chi connectivity index (χ4v) is 2.01. The third kappa shape index (κ3) is 2.32. The molecule has 0 aromatic carbocycles. The SMILES string of the molecule is Cc1cc2nnc(N)c(N)nnc1CC2C(C)C. The van der Waals surface area contributed by atoms with Gasteiger partial charge in [-0.15, -0.1) is 10.2 Å². The molecule has 0 saturated heterocycles. The lowest BCUT2D eigenvalue weighted by Gasteiger charge is -2.22. The Hall–Kier alpha value is -1.98. The molecule has 1 aliphatic carbocycles. The number of aromatic nitrogens is 4. The number of aryl methyl sites for hydroxylation is 1. The summed E-state index contributed by atoms with van der Waals surface area (Å²) in [5, 5.41) is 16.2. The van der Waals surface area contributed by atoms with E-state index in [4.69, 9.17) is 11.5 Å². The van der Waals surface area contributed by atoms with Crippen LogP contribution >= 0.6 is 0 Å². The minimum Gasteiger partial charge on any atom is -0.379 e. The first-order valence-electron chi connectivity index (χ1n) is 5.99. The first-order chi connectivity index (χ1) is 8.49. The van der Waals surface area contributed by atoms with Crippen LogP contribution in [0.5, 0.6) is 0 Å². The van der Waals surface area contributed by atoms with Crippen molar-refractivity contribution in [2.24, 2.45) is 5.92 Å². The van der Waals surface area contributed by atoms with Gasteiger partial charge in [0.2, 0.25) is 0 Å². The topological polar surface area (TPSA) is 104 Å². The second-order valence-electron chi connectivity index (χ2n) is 4.92. The highest BCUT2D eigenvalue weighted by Gasteiger charge is 2.23. The van der Waals surface area contributed by atoms with Crippen molar-refractivity contribution in [3.05, 3.63) is 23.0 Å². The zero-order valence-corrected chi connectivity index (χ0v) is 10.9. The van der Waals surface area contributed by atoms with Gasteiger partial charge in [0.1, 0.15) is 0 Å².